The number of nitrogens with one attached hydrogen (secondary N) is 1. The van der Waals surface area contributed by atoms with Crippen molar-refractivity contribution in [3.05, 3.63) is 65.4 Å². The van der Waals surface area contributed by atoms with E-state index in [0.29, 0.717) is 12.1 Å². The Kier molecular flexibility index (Phi) is 6.54. The third kappa shape index (κ3) is 4.73. The molecule has 11 heteroatoms. The molecule has 0 bridgehead atoms. The van der Waals surface area contributed by atoms with Crippen molar-refractivity contribution >= 4 is 11.7 Å². The van der Waals surface area contributed by atoms with Crippen molar-refractivity contribution in [3.8, 4) is 5.69 Å². The van der Waals surface area contributed by atoms with Crippen LogP contribution in [0.2, 0.25) is 0 Å². The van der Waals surface area contributed by atoms with Crippen LogP contribution < -0.4 is 5.32 Å². The molecule has 1 aliphatic heterocycles. The number of piperidine rings is 1. The largest absolute Gasteiger partial charge is 0.417 e. The molecule has 34 heavy (non-hydrogen) atoms. The second-order valence-electron chi connectivity index (χ2n) is 8.40. The van der Waals surface area contributed by atoms with E-state index in [9.17, 15) is 18.0 Å². The van der Waals surface area contributed by atoms with Crippen molar-refractivity contribution in [2.75, 3.05) is 18.4 Å². The van der Waals surface area contributed by atoms with E-state index < -0.39 is 23.5 Å². The van der Waals surface area contributed by atoms with Gasteiger partial charge in [-0.1, -0.05) is 13.0 Å². The van der Waals surface area contributed by atoms with Gasteiger partial charge in [-0.3, -0.25) is 4.79 Å². The van der Waals surface area contributed by atoms with E-state index in [1.165, 1.54) is 29.3 Å². The quantitative estimate of drug-likeness (QED) is 0.550. The van der Waals surface area contributed by atoms with Gasteiger partial charge in [-0.2, -0.15) is 28.2 Å². The zero-order chi connectivity index (χ0) is 24.5. The number of hydrogen-bond acceptors (Lipinski definition) is 5. The van der Waals surface area contributed by atoms with E-state index in [1.54, 1.807) is 17.9 Å². The molecule has 3 aromatic rings. The molecule has 2 aromatic heterocycles. The number of carbonyl (C=O) groups excluding carboxylic acids is 1. The maximum atomic E-state index is 15.0. The molecular weight excluding hydrogens is 452 g/mol. The molecule has 0 radical (unpaired) electrons. The zero-order valence-electron chi connectivity index (χ0n) is 18.7. The number of aryl methyl sites for hydroxylation is 1. The fourth-order valence-corrected chi connectivity index (χ4v) is 4.29. The normalized spacial score (nSPS) is 18.7. The van der Waals surface area contributed by atoms with E-state index in [0.717, 1.165) is 25.1 Å². The van der Waals surface area contributed by atoms with Gasteiger partial charge in [0.1, 0.15) is 22.9 Å². The minimum Gasteiger partial charge on any atom is -0.368 e. The molecule has 4 rings (SSSR count). The van der Waals surface area contributed by atoms with Crippen LogP contribution in [0.15, 0.2) is 42.9 Å². The van der Waals surface area contributed by atoms with Gasteiger partial charge in [-0.05, 0) is 49.4 Å². The van der Waals surface area contributed by atoms with E-state index in [1.807, 2.05) is 6.92 Å². The molecule has 1 unspecified atom stereocenters. The Hall–Kier alpha value is -3.50. The number of likely N-dealkylation sites (tertiary alicyclic amines) is 1. The highest BCUT2D eigenvalue weighted by Gasteiger charge is 2.35. The van der Waals surface area contributed by atoms with Crippen LogP contribution in [0.4, 0.5) is 23.4 Å². The fourth-order valence-electron chi connectivity index (χ4n) is 4.29. The van der Waals surface area contributed by atoms with Gasteiger partial charge in [0.15, 0.2) is 0 Å². The summed E-state index contributed by atoms with van der Waals surface area (Å²) in [4.78, 5) is 20.4. The Balaban J connectivity index is 1.60. The zero-order valence-corrected chi connectivity index (χ0v) is 18.7. The molecule has 0 saturated carbocycles. The fraction of sp³-hybridized carbons (Fsp3) is 0.391. The molecule has 3 heterocycles. The van der Waals surface area contributed by atoms with Crippen molar-refractivity contribution in [1.29, 1.82) is 0 Å². The van der Waals surface area contributed by atoms with Gasteiger partial charge in [0, 0.05) is 19.3 Å². The molecule has 1 saturated heterocycles. The van der Waals surface area contributed by atoms with Crippen molar-refractivity contribution in [3.63, 3.8) is 0 Å². The van der Waals surface area contributed by atoms with Crippen molar-refractivity contribution in [2.24, 2.45) is 5.92 Å². The van der Waals surface area contributed by atoms with Crippen molar-refractivity contribution in [2.45, 2.75) is 38.9 Å². The topological polar surface area (TPSA) is 75.9 Å². The number of benzene rings is 1. The molecule has 1 amide bonds. The van der Waals surface area contributed by atoms with Crippen LogP contribution in [-0.4, -0.2) is 49.9 Å². The standard InChI is InChI=1S/C23H24F4N6O/c1-14-4-3-11-32(18(14)13-29-19-8-6-16(12-28-19)23(25,26)27)22(34)20-17(24)7-5-15(2)21(20)33-30-9-10-31-33/h5-10,12,14,18H,3-4,11,13H2,1-2H3,(H,28,29)/t14-,18?/m1/s1. The molecule has 0 aliphatic carbocycles. The number of alkyl halides is 3. The molecule has 2 atom stereocenters. The Morgan fingerprint density at radius 2 is 1.91 bits per heavy atom. The van der Waals surface area contributed by atoms with Crippen molar-refractivity contribution < 1.29 is 22.4 Å². The van der Waals surface area contributed by atoms with Crippen LogP contribution in [0.25, 0.3) is 5.69 Å². The maximum absolute atomic E-state index is 15.0. The lowest BCUT2D eigenvalue weighted by Crippen LogP contribution is -2.51. The highest BCUT2D eigenvalue weighted by molar-refractivity contribution is 5.98. The van der Waals surface area contributed by atoms with Gasteiger partial charge < -0.3 is 10.2 Å². The first-order chi connectivity index (χ1) is 16.2. The summed E-state index contributed by atoms with van der Waals surface area (Å²) < 4.78 is 53.4. The summed E-state index contributed by atoms with van der Waals surface area (Å²) >= 11 is 0. The summed E-state index contributed by atoms with van der Waals surface area (Å²) in [6.07, 6.45) is 0.814. The number of hydrogen-bond donors (Lipinski definition) is 1. The van der Waals surface area contributed by atoms with Gasteiger partial charge in [0.25, 0.3) is 5.91 Å². The minimum absolute atomic E-state index is 0.0822. The number of carbonyl (C=O) groups is 1. The second kappa shape index (κ2) is 9.40. The molecule has 1 N–H and O–H groups in total. The number of pyridine rings is 1. The third-order valence-corrected chi connectivity index (χ3v) is 6.12. The maximum Gasteiger partial charge on any atom is 0.417 e. The monoisotopic (exact) mass is 476 g/mol. The predicted octanol–water partition coefficient (Wildman–Crippen LogP) is 4.48. The van der Waals surface area contributed by atoms with Gasteiger partial charge in [-0.15, -0.1) is 0 Å². The number of nitrogens with zero attached hydrogens (tertiary/aromatic N) is 5. The Morgan fingerprint density at radius 3 is 2.56 bits per heavy atom. The smallest absolute Gasteiger partial charge is 0.368 e. The summed E-state index contributed by atoms with van der Waals surface area (Å²) in [7, 11) is 0. The Bertz CT molecular complexity index is 1150. The molecule has 1 aliphatic rings. The number of rotatable bonds is 5. The van der Waals surface area contributed by atoms with E-state index in [-0.39, 0.29) is 35.6 Å². The average molecular weight is 476 g/mol. The van der Waals surface area contributed by atoms with E-state index in [4.69, 9.17) is 0 Å². The first kappa shape index (κ1) is 23.7. The SMILES string of the molecule is Cc1ccc(F)c(C(=O)N2CCC[C@@H](C)C2CNc2ccc(C(F)(F)F)cn2)c1-n1nccn1. The summed E-state index contributed by atoms with van der Waals surface area (Å²) in [5.74, 6) is -0.801. The lowest BCUT2D eigenvalue weighted by Gasteiger charge is -2.40. The van der Waals surface area contributed by atoms with Crippen LogP contribution in [0, 0.1) is 18.7 Å². The van der Waals surface area contributed by atoms with Crippen LogP contribution >= 0.6 is 0 Å². The summed E-state index contributed by atoms with van der Waals surface area (Å²) in [5.41, 5.74) is -0.0162. The van der Waals surface area contributed by atoms with Crippen LogP contribution in [-0.2, 0) is 6.18 Å². The summed E-state index contributed by atoms with van der Waals surface area (Å²) in [5, 5.41) is 11.2. The highest BCUT2D eigenvalue weighted by atomic mass is 19.4. The van der Waals surface area contributed by atoms with Gasteiger partial charge >= 0.3 is 6.18 Å². The first-order valence-electron chi connectivity index (χ1n) is 10.9. The minimum atomic E-state index is -4.47. The first-order valence-corrected chi connectivity index (χ1v) is 10.9. The molecule has 180 valence electrons. The molecule has 1 aromatic carbocycles. The van der Waals surface area contributed by atoms with E-state index in [2.05, 4.69) is 20.5 Å². The molecule has 0 spiro atoms. The summed E-state index contributed by atoms with van der Waals surface area (Å²) in [6, 6.07) is 4.71. The van der Waals surface area contributed by atoms with Gasteiger partial charge in [-0.25, -0.2) is 9.37 Å². The number of amides is 1. The van der Waals surface area contributed by atoms with Gasteiger partial charge in [0.05, 0.1) is 24.0 Å². The Labute approximate surface area is 193 Å². The lowest BCUT2D eigenvalue weighted by atomic mass is 9.89. The van der Waals surface area contributed by atoms with Crippen LogP contribution in [0.1, 0.15) is 41.3 Å². The number of halogens is 4. The lowest BCUT2D eigenvalue weighted by molar-refractivity contribution is -0.137. The van der Waals surface area contributed by atoms with Gasteiger partial charge in [0.2, 0.25) is 0 Å². The second-order valence-corrected chi connectivity index (χ2v) is 8.40. The van der Waals surface area contributed by atoms with Crippen LogP contribution in [0.5, 0.6) is 0 Å². The van der Waals surface area contributed by atoms with Crippen molar-refractivity contribution in [1.82, 2.24) is 24.9 Å². The third-order valence-electron chi connectivity index (χ3n) is 6.12. The average Bonchev–Trinajstić information content (AvgIpc) is 3.33. The predicted molar refractivity (Wildman–Crippen MR) is 117 cm³/mol. The highest BCUT2D eigenvalue weighted by Crippen LogP contribution is 2.31. The molecule has 1 fully saturated rings. The number of aromatic nitrogens is 4. The molecule has 7 nitrogen and oxygen atoms in total. The number of anilines is 1. The van der Waals surface area contributed by atoms with Crippen LogP contribution in [0.3, 0.4) is 0 Å². The summed E-state index contributed by atoms with van der Waals surface area (Å²) in [6.45, 7) is 4.43. The molecular formula is C23H24F4N6O. The van der Waals surface area contributed by atoms with E-state index >= 15 is 4.39 Å². The Morgan fingerprint density at radius 1 is 1.18 bits per heavy atom.